The molecule has 0 radical (unpaired) electrons. The van der Waals surface area contributed by atoms with Gasteiger partial charge in [0, 0.05) is 17.5 Å². The number of hydrogen-bond acceptors (Lipinski definition) is 4. The van der Waals surface area contributed by atoms with Crippen LogP contribution in [0.2, 0.25) is 0 Å². The quantitative estimate of drug-likeness (QED) is 0.588. The molecule has 0 bridgehead atoms. The standard InChI is InChI=1S/C15H12F6N2O2S/c16-14(17,18)8-25-5-4-22-12(24)11-7-26-13(23-11)9-2-1-3-10(6-9)15(19,20)21/h1-3,6-7H,4-5,8H2,(H,22,24). The summed E-state index contributed by atoms with van der Waals surface area (Å²) in [5.74, 6) is -0.657. The van der Waals surface area contributed by atoms with Gasteiger partial charge in [0.25, 0.3) is 5.91 Å². The normalized spacial score (nSPS) is 12.2. The summed E-state index contributed by atoms with van der Waals surface area (Å²) in [5, 5.41) is 3.88. The van der Waals surface area contributed by atoms with Gasteiger partial charge in [0.05, 0.1) is 12.2 Å². The first-order valence-corrected chi connectivity index (χ1v) is 8.00. The van der Waals surface area contributed by atoms with Crippen LogP contribution < -0.4 is 5.32 Å². The summed E-state index contributed by atoms with van der Waals surface area (Å²) in [7, 11) is 0. The maximum absolute atomic E-state index is 12.7. The van der Waals surface area contributed by atoms with Crippen molar-refractivity contribution in [2.45, 2.75) is 12.4 Å². The van der Waals surface area contributed by atoms with Crippen LogP contribution in [0.3, 0.4) is 0 Å². The number of hydrogen-bond donors (Lipinski definition) is 1. The van der Waals surface area contributed by atoms with Gasteiger partial charge in [0.1, 0.15) is 17.3 Å². The molecule has 11 heteroatoms. The smallest absolute Gasteiger partial charge is 0.370 e. The molecule has 0 saturated heterocycles. The molecular weight excluding hydrogens is 386 g/mol. The minimum Gasteiger partial charge on any atom is -0.370 e. The molecule has 2 aromatic rings. The zero-order chi connectivity index (χ0) is 19.4. The first kappa shape index (κ1) is 20.2. The summed E-state index contributed by atoms with van der Waals surface area (Å²) in [4.78, 5) is 15.8. The third kappa shape index (κ3) is 5.99. The molecule has 2 rings (SSSR count). The average Bonchev–Trinajstić information content (AvgIpc) is 3.03. The van der Waals surface area contributed by atoms with Crippen LogP contribution >= 0.6 is 11.3 Å². The molecule has 1 N–H and O–H groups in total. The molecule has 4 nitrogen and oxygen atoms in total. The van der Waals surface area contributed by atoms with Crippen molar-refractivity contribution >= 4 is 17.2 Å². The van der Waals surface area contributed by atoms with Gasteiger partial charge in [0.2, 0.25) is 0 Å². The highest BCUT2D eigenvalue weighted by atomic mass is 32.1. The molecule has 142 valence electrons. The van der Waals surface area contributed by atoms with E-state index in [1.807, 2.05) is 0 Å². The van der Waals surface area contributed by atoms with Gasteiger partial charge < -0.3 is 10.1 Å². The van der Waals surface area contributed by atoms with E-state index in [9.17, 15) is 31.1 Å². The maximum Gasteiger partial charge on any atom is 0.416 e. The predicted octanol–water partition coefficient (Wildman–Crippen LogP) is 4.14. The fraction of sp³-hybridized carbons (Fsp3) is 0.333. The van der Waals surface area contributed by atoms with Crippen LogP contribution in [0.4, 0.5) is 26.3 Å². The molecule has 0 saturated carbocycles. The fourth-order valence-corrected chi connectivity index (χ4v) is 2.65. The summed E-state index contributed by atoms with van der Waals surface area (Å²) >= 11 is 0.978. The third-order valence-corrected chi connectivity index (χ3v) is 3.86. The van der Waals surface area contributed by atoms with Gasteiger partial charge >= 0.3 is 12.4 Å². The summed E-state index contributed by atoms with van der Waals surface area (Å²) < 4.78 is 78.2. The largest absolute Gasteiger partial charge is 0.416 e. The summed E-state index contributed by atoms with van der Waals surface area (Å²) in [6.45, 7) is -1.92. The minimum absolute atomic E-state index is 0.0433. The highest BCUT2D eigenvalue weighted by molar-refractivity contribution is 7.13. The van der Waals surface area contributed by atoms with Crippen molar-refractivity contribution in [2.75, 3.05) is 19.8 Å². The molecular formula is C15H12F6N2O2S. The molecule has 0 fully saturated rings. The Balaban J connectivity index is 1.94. The highest BCUT2D eigenvalue weighted by Crippen LogP contribution is 2.33. The molecule has 1 amide bonds. The molecule has 1 aromatic heterocycles. The van der Waals surface area contributed by atoms with Crippen LogP contribution in [0.5, 0.6) is 0 Å². The monoisotopic (exact) mass is 398 g/mol. The predicted molar refractivity (Wildman–Crippen MR) is 81.8 cm³/mol. The Kier molecular flexibility index (Phi) is 6.24. The number of amides is 1. The molecule has 0 unspecified atom stereocenters. The number of nitrogens with one attached hydrogen (secondary N) is 1. The van der Waals surface area contributed by atoms with Crippen LogP contribution in [0, 0.1) is 0 Å². The van der Waals surface area contributed by atoms with Gasteiger partial charge in [0.15, 0.2) is 0 Å². The van der Waals surface area contributed by atoms with E-state index >= 15 is 0 Å². The third-order valence-electron chi connectivity index (χ3n) is 2.97. The van der Waals surface area contributed by atoms with Crippen LogP contribution in [-0.2, 0) is 10.9 Å². The van der Waals surface area contributed by atoms with E-state index in [2.05, 4.69) is 15.0 Å². The van der Waals surface area contributed by atoms with E-state index in [1.54, 1.807) is 0 Å². The second-order valence-corrected chi connectivity index (χ2v) is 5.90. The van der Waals surface area contributed by atoms with Crippen molar-refractivity contribution in [2.24, 2.45) is 0 Å². The van der Waals surface area contributed by atoms with E-state index in [1.165, 1.54) is 17.5 Å². The SMILES string of the molecule is O=C(NCCOCC(F)(F)F)c1csc(-c2cccc(C(F)(F)F)c2)n1. The van der Waals surface area contributed by atoms with E-state index in [4.69, 9.17) is 0 Å². The van der Waals surface area contributed by atoms with E-state index < -0.39 is 30.4 Å². The fourth-order valence-electron chi connectivity index (χ4n) is 1.85. The second-order valence-electron chi connectivity index (χ2n) is 5.04. The maximum atomic E-state index is 12.7. The van der Waals surface area contributed by atoms with Gasteiger partial charge in [-0.05, 0) is 12.1 Å². The summed E-state index contributed by atoms with van der Waals surface area (Å²) in [5.41, 5.74) is -0.673. The molecule has 0 aliphatic rings. The summed E-state index contributed by atoms with van der Waals surface area (Å²) in [6, 6.07) is 4.51. The molecule has 0 aliphatic heterocycles. The van der Waals surface area contributed by atoms with Crippen molar-refractivity contribution in [3.8, 4) is 10.6 Å². The van der Waals surface area contributed by atoms with Gasteiger partial charge in [-0.15, -0.1) is 11.3 Å². The van der Waals surface area contributed by atoms with Crippen molar-refractivity contribution in [3.05, 3.63) is 40.9 Å². The van der Waals surface area contributed by atoms with Crippen molar-refractivity contribution < 1.29 is 35.9 Å². The zero-order valence-electron chi connectivity index (χ0n) is 12.9. The zero-order valence-corrected chi connectivity index (χ0v) is 13.8. The lowest BCUT2D eigenvalue weighted by Gasteiger charge is -2.08. The number of aromatic nitrogens is 1. The second kappa shape index (κ2) is 8.04. The van der Waals surface area contributed by atoms with Gasteiger partial charge in [-0.25, -0.2) is 4.98 Å². The number of rotatable bonds is 6. The lowest BCUT2D eigenvalue weighted by atomic mass is 10.1. The number of nitrogens with zero attached hydrogens (tertiary/aromatic N) is 1. The Labute approximate surface area is 147 Å². The molecule has 1 aromatic carbocycles. The van der Waals surface area contributed by atoms with Crippen molar-refractivity contribution in [1.82, 2.24) is 10.3 Å². The topological polar surface area (TPSA) is 51.2 Å². The van der Waals surface area contributed by atoms with Gasteiger partial charge in [-0.2, -0.15) is 26.3 Å². The molecule has 0 atom stereocenters. The van der Waals surface area contributed by atoms with E-state index in [0.29, 0.717) is 0 Å². The Morgan fingerprint density at radius 1 is 1.19 bits per heavy atom. The van der Waals surface area contributed by atoms with Crippen LogP contribution in [0.15, 0.2) is 29.6 Å². The Hall–Kier alpha value is -2.14. The van der Waals surface area contributed by atoms with Crippen LogP contribution in [0.1, 0.15) is 16.1 Å². The number of ether oxygens (including phenoxy) is 1. The summed E-state index contributed by atoms with van der Waals surface area (Å²) in [6.07, 6.45) is -8.94. The number of thiazole rings is 1. The minimum atomic E-state index is -4.50. The highest BCUT2D eigenvalue weighted by Gasteiger charge is 2.30. The van der Waals surface area contributed by atoms with Crippen LogP contribution in [-0.4, -0.2) is 36.8 Å². The van der Waals surface area contributed by atoms with E-state index in [-0.39, 0.29) is 29.4 Å². The Morgan fingerprint density at radius 3 is 2.58 bits per heavy atom. The van der Waals surface area contributed by atoms with Crippen molar-refractivity contribution in [3.63, 3.8) is 0 Å². The van der Waals surface area contributed by atoms with Crippen molar-refractivity contribution in [1.29, 1.82) is 0 Å². The molecule has 0 spiro atoms. The molecule has 1 heterocycles. The van der Waals surface area contributed by atoms with Gasteiger partial charge in [-0.3, -0.25) is 4.79 Å². The Bertz CT molecular complexity index is 757. The number of halogens is 6. The van der Waals surface area contributed by atoms with Crippen LogP contribution in [0.25, 0.3) is 10.6 Å². The molecule has 0 aliphatic carbocycles. The number of carbonyl (C=O) groups excluding carboxylic acids is 1. The number of carbonyl (C=O) groups is 1. The first-order chi connectivity index (χ1) is 12.1. The van der Waals surface area contributed by atoms with E-state index in [0.717, 1.165) is 23.5 Å². The molecule has 26 heavy (non-hydrogen) atoms. The lowest BCUT2D eigenvalue weighted by molar-refractivity contribution is -0.173. The lowest BCUT2D eigenvalue weighted by Crippen LogP contribution is -2.29. The van der Waals surface area contributed by atoms with Gasteiger partial charge in [-0.1, -0.05) is 12.1 Å². The first-order valence-electron chi connectivity index (χ1n) is 7.12. The average molecular weight is 398 g/mol. The number of alkyl halides is 6. The number of benzene rings is 1. The Morgan fingerprint density at radius 2 is 1.92 bits per heavy atom.